The van der Waals surface area contributed by atoms with Gasteiger partial charge in [0.25, 0.3) is 0 Å². The van der Waals surface area contributed by atoms with Gasteiger partial charge in [-0.1, -0.05) is 19.1 Å². The molecule has 1 aromatic carbocycles. The van der Waals surface area contributed by atoms with Gasteiger partial charge in [-0.05, 0) is 24.1 Å². The van der Waals surface area contributed by atoms with Crippen LogP contribution in [-0.2, 0) is 13.0 Å². The molecule has 0 aliphatic carbocycles. The zero-order valence-corrected chi connectivity index (χ0v) is 13.7. The Morgan fingerprint density at radius 1 is 1.35 bits per heavy atom. The number of nitrogens with two attached hydrogens (primary N) is 1. The topological polar surface area (TPSA) is 81.1 Å². The van der Waals surface area contributed by atoms with Gasteiger partial charge in [-0.3, -0.25) is 9.67 Å². The monoisotopic (exact) mass is 386 g/mol. The second kappa shape index (κ2) is 8.51. The number of anilines is 1. The van der Waals surface area contributed by atoms with Crippen LogP contribution in [0.2, 0.25) is 0 Å². The van der Waals surface area contributed by atoms with Crippen LogP contribution in [0.15, 0.2) is 41.9 Å². The van der Waals surface area contributed by atoms with Gasteiger partial charge in [0.1, 0.15) is 12.7 Å². The number of halogens is 1. The third kappa shape index (κ3) is 5.16. The van der Waals surface area contributed by atoms with Gasteiger partial charge in [-0.2, -0.15) is 5.10 Å². The second-order valence-electron chi connectivity index (χ2n) is 4.10. The quantitative estimate of drug-likeness (QED) is 0.467. The highest BCUT2D eigenvalue weighted by Crippen LogP contribution is 2.09. The van der Waals surface area contributed by atoms with Crippen molar-refractivity contribution in [2.45, 2.75) is 19.9 Å². The molecule has 0 amide bonds. The van der Waals surface area contributed by atoms with E-state index in [9.17, 15) is 0 Å². The fourth-order valence-corrected chi connectivity index (χ4v) is 1.63. The Morgan fingerprint density at radius 3 is 2.70 bits per heavy atom. The molecule has 3 N–H and O–H groups in total. The summed E-state index contributed by atoms with van der Waals surface area (Å²) in [6.07, 6.45) is 4.19. The summed E-state index contributed by atoms with van der Waals surface area (Å²) in [4.78, 5) is 8.09. The van der Waals surface area contributed by atoms with Crippen molar-refractivity contribution < 1.29 is 0 Å². The van der Waals surface area contributed by atoms with Crippen LogP contribution in [0, 0.1) is 0 Å². The van der Waals surface area contributed by atoms with Crippen LogP contribution in [0.5, 0.6) is 0 Å². The molecule has 0 spiro atoms. The zero-order valence-electron chi connectivity index (χ0n) is 11.4. The van der Waals surface area contributed by atoms with E-state index in [1.807, 2.05) is 12.1 Å². The molecule has 0 aliphatic heterocycles. The number of nitrogens with one attached hydrogen (secondary N) is 1. The maximum absolute atomic E-state index is 5.81. The van der Waals surface area contributed by atoms with Gasteiger partial charge in [-0.25, -0.2) is 4.98 Å². The lowest BCUT2D eigenvalue weighted by Crippen LogP contribution is -2.23. The predicted molar refractivity (Wildman–Crippen MR) is 91.4 cm³/mol. The zero-order chi connectivity index (χ0) is 13.5. The van der Waals surface area contributed by atoms with Crippen molar-refractivity contribution in [1.82, 2.24) is 14.8 Å². The predicted octanol–water partition coefficient (Wildman–Crippen LogP) is 1.89. The summed E-state index contributed by atoms with van der Waals surface area (Å²) < 4.78 is 1.72. The molecule has 2 aromatic rings. The molecule has 2 rings (SSSR count). The minimum absolute atomic E-state index is 0. The molecule has 0 radical (unpaired) electrons. The fourth-order valence-electron chi connectivity index (χ4n) is 1.63. The Labute approximate surface area is 135 Å². The van der Waals surface area contributed by atoms with Gasteiger partial charge >= 0.3 is 0 Å². The van der Waals surface area contributed by atoms with Gasteiger partial charge in [0.05, 0.1) is 13.1 Å². The molecular weight excluding hydrogens is 367 g/mol. The van der Waals surface area contributed by atoms with E-state index in [0.717, 1.165) is 12.1 Å². The number of aromatic nitrogens is 3. The van der Waals surface area contributed by atoms with Crippen molar-refractivity contribution in [3.8, 4) is 0 Å². The van der Waals surface area contributed by atoms with Gasteiger partial charge in [0.15, 0.2) is 5.96 Å². The average molecular weight is 386 g/mol. The molecule has 0 aliphatic rings. The Bertz CT molecular complexity index is 520. The largest absolute Gasteiger partial charge is 0.370 e. The summed E-state index contributed by atoms with van der Waals surface area (Å²) in [7, 11) is 0. The maximum Gasteiger partial charge on any atom is 0.193 e. The van der Waals surface area contributed by atoms with E-state index >= 15 is 0 Å². The third-order valence-electron chi connectivity index (χ3n) is 2.71. The molecule has 6 nitrogen and oxygen atoms in total. The molecule has 0 saturated heterocycles. The molecule has 0 unspecified atom stereocenters. The van der Waals surface area contributed by atoms with E-state index in [-0.39, 0.29) is 24.0 Å². The maximum atomic E-state index is 5.81. The molecule has 1 aromatic heterocycles. The lowest BCUT2D eigenvalue weighted by atomic mass is 10.1. The normalized spacial score (nSPS) is 10.9. The van der Waals surface area contributed by atoms with E-state index in [4.69, 9.17) is 5.73 Å². The number of rotatable bonds is 5. The molecule has 7 heteroatoms. The lowest BCUT2D eigenvalue weighted by molar-refractivity contribution is 0.624. The molecule has 1 heterocycles. The molecule has 0 atom stereocenters. The van der Waals surface area contributed by atoms with Crippen LogP contribution in [0.4, 0.5) is 5.69 Å². The summed E-state index contributed by atoms with van der Waals surface area (Å²) >= 11 is 0. The van der Waals surface area contributed by atoms with Crippen molar-refractivity contribution in [3.63, 3.8) is 0 Å². The van der Waals surface area contributed by atoms with Gasteiger partial charge in [-0.15, -0.1) is 24.0 Å². The number of benzene rings is 1. The van der Waals surface area contributed by atoms with Crippen LogP contribution >= 0.6 is 24.0 Å². The Balaban J connectivity index is 0.00000200. The first-order valence-electron chi connectivity index (χ1n) is 6.26. The third-order valence-corrected chi connectivity index (χ3v) is 2.71. The van der Waals surface area contributed by atoms with Gasteiger partial charge in [0.2, 0.25) is 0 Å². The number of aryl methyl sites for hydroxylation is 1. The van der Waals surface area contributed by atoms with E-state index in [0.29, 0.717) is 19.0 Å². The summed E-state index contributed by atoms with van der Waals surface area (Å²) in [5, 5.41) is 7.05. The summed E-state index contributed by atoms with van der Waals surface area (Å²) in [5.41, 5.74) is 8.05. The first-order chi connectivity index (χ1) is 9.28. The number of nitrogens with zero attached hydrogens (tertiary/aromatic N) is 4. The lowest BCUT2D eigenvalue weighted by Gasteiger charge is -2.06. The van der Waals surface area contributed by atoms with Crippen molar-refractivity contribution in [2.24, 2.45) is 10.7 Å². The van der Waals surface area contributed by atoms with Gasteiger partial charge in [0, 0.05) is 5.69 Å². The Morgan fingerprint density at radius 2 is 2.10 bits per heavy atom. The smallest absolute Gasteiger partial charge is 0.193 e. The highest BCUT2D eigenvalue weighted by atomic mass is 127. The summed E-state index contributed by atoms with van der Waals surface area (Å²) in [5.74, 6) is 0.407. The fraction of sp³-hybridized carbons (Fsp3) is 0.308. The molecule has 0 saturated carbocycles. The van der Waals surface area contributed by atoms with E-state index in [1.165, 1.54) is 11.9 Å². The number of hydrogen-bond acceptors (Lipinski definition) is 3. The first-order valence-corrected chi connectivity index (χ1v) is 6.26. The Hall–Kier alpha value is -1.64. The number of hydrogen-bond donors (Lipinski definition) is 2. The first kappa shape index (κ1) is 16.4. The van der Waals surface area contributed by atoms with E-state index in [1.54, 1.807) is 11.0 Å². The summed E-state index contributed by atoms with van der Waals surface area (Å²) in [6, 6.07) is 8.15. The van der Waals surface area contributed by atoms with E-state index in [2.05, 4.69) is 39.4 Å². The minimum atomic E-state index is 0. The summed E-state index contributed by atoms with van der Waals surface area (Å²) in [6.45, 7) is 3.36. The average Bonchev–Trinajstić information content (AvgIpc) is 2.93. The second-order valence-corrected chi connectivity index (χ2v) is 4.10. The molecule has 0 bridgehead atoms. The van der Waals surface area contributed by atoms with Crippen LogP contribution < -0.4 is 11.1 Å². The standard InChI is InChI=1S/C13H18N6.HI/c1-2-11-3-5-12(6-4-11)18-13(14)16-7-8-19-10-15-9-17-19;/h3-6,9-10H,2,7-8H2,1H3,(H3,14,16,18);1H. The number of guanidine groups is 1. The van der Waals surface area contributed by atoms with Crippen molar-refractivity contribution in [3.05, 3.63) is 42.5 Å². The SMILES string of the molecule is CCc1ccc(NC(N)=NCCn2cncn2)cc1.I. The highest BCUT2D eigenvalue weighted by molar-refractivity contribution is 14.0. The van der Waals surface area contributed by atoms with Crippen LogP contribution in [0.1, 0.15) is 12.5 Å². The highest BCUT2D eigenvalue weighted by Gasteiger charge is 1.96. The van der Waals surface area contributed by atoms with E-state index < -0.39 is 0 Å². The van der Waals surface area contributed by atoms with Gasteiger partial charge < -0.3 is 11.1 Å². The molecule has 108 valence electrons. The van der Waals surface area contributed by atoms with Crippen molar-refractivity contribution in [1.29, 1.82) is 0 Å². The van der Waals surface area contributed by atoms with Crippen molar-refractivity contribution in [2.75, 3.05) is 11.9 Å². The Kier molecular flexibility index (Phi) is 6.99. The van der Waals surface area contributed by atoms with Crippen LogP contribution in [0.3, 0.4) is 0 Å². The minimum Gasteiger partial charge on any atom is -0.370 e. The molecule has 0 fully saturated rings. The molecular formula is C13H19IN6. The molecule has 20 heavy (non-hydrogen) atoms. The van der Waals surface area contributed by atoms with Crippen LogP contribution in [0.25, 0.3) is 0 Å². The van der Waals surface area contributed by atoms with Crippen molar-refractivity contribution >= 4 is 35.6 Å². The number of aliphatic imine (C=N–C) groups is 1. The van der Waals surface area contributed by atoms with Crippen LogP contribution in [-0.4, -0.2) is 27.3 Å².